The Kier molecular flexibility index (Phi) is 3.97. The molecule has 0 spiro atoms. The first-order valence-corrected chi connectivity index (χ1v) is 6.56. The third kappa shape index (κ3) is 3.19. The van der Waals surface area contributed by atoms with Crippen LogP contribution in [-0.2, 0) is 0 Å². The van der Waals surface area contributed by atoms with E-state index in [0.717, 1.165) is 0 Å². The summed E-state index contributed by atoms with van der Waals surface area (Å²) in [5.74, 6) is -0.305. The van der Waals surface area contributed by atoms with Gasteiger partial charge in [0.2, 0.25) is 0 Å². The lowest BCUT2D eigenvalue weighted by atomic mass is 10.1. The fraction of sp³-hybridized carbons (Fsp3) is 0. The number of nitrogens with two attached hydrogens (primary N) is 2. The van der Waals surface area contributed by atoms with E-state index in [-0.39, 0.29) is 5.91 Å². The van der Waals surface area contributed by atoms with Gasteiger partial charge in [0.25, 0.3) is 5.91 Å². The second kappa shape index (κ2) is 5.50. The predicted octanol–water partition coefficient (Wildman–Crippen LogP) is 3.52. The Labute approximate surface area is 123 Å². The Bertz CT molecular complexity index is 646. The molecule has 0 fully saturated rings. The van der Waals surface area contributed by atoms with Crippen LogP contribution in [-0.4, -0.2) is 5.91 Å². The molecule has 98 valence electrons. The minimum absolute atomic E-state index is 0.305. The van der Waals surface area contributed by atoms with Crippen LogP contribution >= 0.6 is 27.5 Å². The van der Waals surface area contributed by atoms with E-state index in [1.165, 1.54) is 0 Å². The zero-order chi connectivity index (χ0) is 14.0. The first-order chi connectivity index (χ1) is 8.97. The Morgan fingerprint density at radius 3 is 2.53 bits per heavy atom. The lowest BCUT2D eigenvalue weighted by Crippen LogP contribution is -2.14. The van der Waals surface area contributed by atoms with Gasteiger partial charge >= 0.3 is 0 Å². The maximum absolute atomic E-state index is 12.1. The molecule has 0 atom stereocenters. The zero-order valence-corrected chi connectivity index (χ0v) is 12.1. The molecule has 0 aliphatic rings. The van der Waals surface area contributed by atoms with E-state index in [1.807, 2.05) is 0 Å². The molecule has 0 bridgehead atoms. The first kappa shape index (κ1) is 13.7. The topological polar surface area (TPSA) is 81.1 Å². The van der Waals surface area contributed by atoms with Crippen molar-refractivity contribution in [1.29, 1.82) is 0 Å². The summed E-state index contributed by atoms with van der Waals surface area (Å²) >= 11 is 9.16. The van der Waals surface area contributed by atoms with Crippen LogP contribution in [0.4, 0.5) is 17.1 Å². The average molecular weight is 341 g/mol. The standard InChI is InChI=1S/C13H11BrClN3O/c14-10-5-7(15)1-4-12(10)18-13(19)9-3-2-8(16)6-11(9)17/h1-6H,16-17H2,(H,18,19). The molecule has 0 aliphatic carbocycles. The van der Waals surface area contributed by atoms with Crippen LogP contribution < -0.4 is 16.8 Å². The van der Waals surface area contributed by atoms with Gasteiger partial charge in [-0.15, -0.1) is 0 Å². The van der Waals surface area contributed by atoms with Gasteiger partial charge < -0.3 is 16.8 Å². The van der Waals surface area contributed by atoms with E-state index < -0.39 is 0 Å². The van der Waals surface area contributed by atoms with Crippen molar-refractivity contribution in [2.75, 3.05) is 16.8 Å². The third-order valence-corrected chi connectivity index (χ3v) is 3.39. The van der Waals surface area contributed by atoms with Gasteiger partial charge in [0, 0.05) is 20.9 Å². The van der Waals surface area contributed by atoms with Crippen molar-refractivity contribution in [3.63, 3.8) is 0 Å². The van der Waals surface area contributed by atoms with Gasteiger partial charge in [0.15, 0.2) is 0 Å². The van der Waals surface area contributed by atoms with Crippen molar-refractivity contribution in [3.8, 4) is 0 Å². The second-order valence-corrected chi connectivity index (χ2v) is 5.22. The fourth-order valence-corrected chi connectivity index (χ4v) is 2.35. The predicted molar refractivity (Wildman–Crippen MR) is 82.4 cm³/mol. The maximum atomic E-state index is 12.1. The lowest BCUT2D eigenvalue weighted by molar-refractivity contribution is 0.102. The number of halogens is 2. The molecule has 0 radical (unpaired) electrons. The van der Waals surface area contributed by atoms with Crippen LogP contribution in [0, 0.1) is 0 Å². The van der Waals surface area contributed by atoms with Gasteiger partial charge in [0.1, 0.15) is 0 Å². The number of hydrogen-bond acceptors (Lipinski definition) is 3. The molecule has 2 aromatic rings. The van der Waals surface area contributed by atoms with Gasteiger partial charge in [-0.2, -0.15) is 0 Å². The average Bonchev–Trinajstić information content (AvgIpc) is 2.32. The first-order valence-electron chi connectivity index (χ1n) is 5.39. The summed E-state index contributed by atoms with van der Waals surface area (Å²) in [4.78, 5) is 12.1. The van der Waals surface area contributed by atoms with Crippen molar-refractivity contribution in [1.82, 2.24) is 0 Å². The molecule has 6 heteroatoms. The number of rotatable bonds is 2. The lowest BCUT2D eigenvalue weighted by Gasteiger charge is -2.09. The molecule has 2 rings (SSSR count). The van der Waals surface area contributed by atoms with E-state index >= 15 is 0 Å². The van der Waals surface area contributed by atoms with Crippen LogP contribution in [0.3, 0.4) is 0 Å². The largest absolute Gasteiger partial charge is 0.399 e. The highest BCUT2D eigenvalue weighted by Crippen LogP contribution is 2.27. The van der Waals surface area contributed by atoms with Crippen molar-refractivity contribution in [3.05, 3.63) is 51.5 Å². The van der Waals surface area contributed by atoms with Gasteiger partial charge in [-0.05, 0) is 52.3 Å². The number of carbonyl (C=O) groups is 1. The maximum Gasteiger partial charge on any atom is 0.257 e. The number of carbonyl (C=O) groups excluding carboxylic acids is 1. The van der Waals surface area contributed by atoms with Crippen molar-refractivity contribution in [2.24, 2.45) is 0 Å². The monoisotopic (exact) mass is 339 g/mol. The normalized spacial score (nSPS) is 10.2. The number of hydrogen-bond donors (Lipinski definition) is 3. The summed E-state index contributed by atoms with van der Waals surface area (Å²) in [6, 6.07) is 9.85. The molecule has 0 saturated carbocycles. The smallest absolute Gasteiger partial charge is 0.257 e. The van der Waals surface area contributed by atoms with Gasteiger partial charge in [0.05, 0.1) is 11.3 Å². The van der Waals surface area contributed by atoms with Gasteiger partial charge in [-0.25, -0.2) is 0 Å². The van der Waals surface area contributed by atoms with Crippen LogP contribution in [0.25, 0.3) is 0 Å². The number of nitrogens with one attached hydrogen (secondary N) is 1. The van der Waals surface area contributed by atoms with Crippen molar-refractivity contribution in [2.45, 2.75) is 0 Å². The fourth-order valence-electron chi connectivity index (χ4n) is 1.57. The van der Waals surface area contributed by atoms with E-state index in [2.05, 4.69) is 21.2 Å². The molecule has 0 aliphatic heterocycles. The van der Waals surface area contributed by atoms with Crippen molar-refractivity contribution < 1.29 is 4.79 Å². The molecule has 1 amide bonds. The highest BCUT2D eigenvalue weighted by Gasteiger charge is 2.11. The Morgan fingerprint density at radius 2 is 1.89 bits per heavy atom. The minimum Gasteiger partial charge on any atom is -0.399 e. The molecule has 19 heavy (non-hydrogen) atoms. The van der Waals surface area contributed by atoms with E-state index in [1.54, 1.807) is 36.4 Å². The van der Waals surface area contributed by atoms with Gasteiger partial charge in [-0.3, -0.25) is 4.79 Å². The van der Waals surface area contributed by atoms with Gasteiger partial charge in [-0.1, -0.05) is 11.6 Å². The molecular formula is C13H11BrClN3O. The van der Waals surface area contributed by atoms with E-state index in [9.17, 15) is 4.79 Å². The second-order valence-electron chi connectivity index (χ2n) is 3.92. The summed E-state index contributed by atoms with van der Waals surface area (Å²) in [7, 11) is 0. The summed E-state index contributed by atoms with van der Waals surface area (Å²) in [6.07, 6.45) is 0. The molecule has 0 heterocycles. The number of anilines is 3. The minimum atomic E-state index is -0.305. The zero-order valence-electron chi connectivity index (χ0n) is 9.78. The molecule has 0 unspecified atom stereocenters. The summed E-state index contributed by atoms with van der Waals surface area (Å²) < 4.78 is 0.697. The van der Waals surface area contributed by atoms with E-state index in [0.29, 0.717) is 32.1 Å². The van der Waals surface area contributed by atoms with Crippen molar-refractivity contribution >= 4 is 50.5 Å². The highest BCUT2D eigenvalue weighted by molar-refractivity contribution is 9.10. The summed E-state index contributed by atoms with van der Waals surface area (Å²) in [6.45, 7) is 0. The number of benzene rings is 2. The third-order valence-electron chi connectivity index (χ3n) is 2.50. The molecule has 0 saturated heterocycles. The summed E-state index contributed by atoms with van der Waals surface area (Å²) in [5, 5.41) is 3.33. The Balaban J connectivity index is 2.25. The molecular weight excluding hydrogens is 330 g/mol. The summed E-state index contributed by atoms with van der Waals surface area (Å²) in [5.41, 5.74) is 13.2. The van der Waals surface area contributed by atoms with Crippen LogP contribution in [0.5, 0.6) is 0 Å². The number of amides is 1. The number of nitrogen functional groups attached to an aromatic ring is 2. The molecule has 0 aromatic heterocycles. The highest BCUT2D eigenvalue weighted by atomic mass is 79.9. The van der Waals surface area contributed by atoms with Crippen LogP contribution in [0.2, 0.25) is 5.02 Å². The Morgan fingerprint density at radius 1 is 1.16 bits per heavy atom. The molecule has 4 nitrogen and oxygen atoms in total. The van der Waals surface area contributed by atoms with E-state index in [4.69, 9.17) is 23.1 Å². The van der Waals surface area contributed by atoms with Crippen LogP contribution in [0.1, 0.15) is 10.4 Å². The quantitative estimate of drug-likeness (QED) is 0.732. The molecule has 5 N–H and O–H groups in total. The molecule has 2 aromatic carbocycles. The SMILES string of the molecule is Nc1ccc(C(=O)Nc2ccc(Cl)cc2Br)c(N)c1. The Hall–Kier alpha value is -1.72. The van der Waals surface area contributed by atoms with Crippen LogP contribution in [0.15, 0.2) is 40.9 Å².